The lowest BCUT2D eigenvalue weighted by atomic mass is 9.94. The van der Waals surface area contributed by atoms with Crippen LogP contribution in [0.25, 0.3) is 0 Å². The third-order valence-electron chi connectivity index (χ3n) is 3.88. The van der Waals surface area contributed by atoms with Gasteiger partial charge in [0.2, 0.25) is 5.91 Å². The highest BCUT2D eigenvalue weighted by atomic mass is 19.1. The zero-order valence-electron chi connectivity index (χ0n) is 11.3. The Kier molecular flexibility index (Phi) is 3.05. The quantitative estimate of drug-likeness (QED) is 0.902. The van der Waals surface area contributed by atoms with Gasteiger partial charge in [-0.3, -0.25) is 4.79 Å². The maximum Gasteiger partial charge on any atom is 0.235 e. The molecule has 1 saturated carbocycles. The van der Waals surface area contributed by atoms with Crippen LogP contribution in [0, 0.1) is 12.7 Å². The second-order valence-corrected chi connectivity index (χ2v) is 5.38. The predicted molar refractivity (Wildman–Crippen MR) is 77.1 cm³/mol. The Hall–Kier alpha value is -2.16. The van der Waals surface area contributed by atoms with E-state index < -0.39 is 5.41 Å². The molecular formula is C17H16FNO. The van der Waals surface area contributed by atoms with E-state index in [2.05, 4.69) is 5.32 Å². The Bertz CT molecular complexity index is 644. The van der Waals surface area contributed by atoms with Crippen LogP contribution in [0.2, 0.25) is 0 Å². The molecule has 0 unspecified atom stereocenters. The van der Waals surface area contributed by atoms with Gasteiger partial charge >= 0.3 is 0 Å². The number of amides is 1. The molecule has 3 rings (SSSR count). The predicted octanol–water partition coefficient (Wildman–Crippen LogP) is 3.80. The van der Waals surface area contributed by atoms with E-state index in [0.717, 1.165) is 11.3 Å². The normalized spacial score (nSPS) is 15.7. The molecule has 102 valence electrons. The fourth-order valence-electron chi connectivity index (χ4n) is 2.48. The number of hydrogen-bond acceptors (Lipinski definition) is 1. The fourth-order valence-corrected chi connectivity index (χ4v) is 2.48. The van der Waals surface area contributed by atoms with Crippen LogP contribution in [-0.4, -0.2) is 5.91 Å². The van der Waals surface area contributed by atoms with Gasteiger partial charge in [0.15, 0.2) is 0 Å². The summed E-state index contributed by atoms with van der Waals surface area (Å²) in [5, 5.41) is 2.89. The summed E-state index contributed by atoms with van der Waals surface area (Å²) in [5.41, 5.74) is 1.71. The van der Waals surface area contributed by atoms with Crippen molar-refractivity contribution in [3.05, 3.63) is 65.5 Å². The summed E-state index contributed by atoms with van der Waals surface area (Å²) >= 11 is 0. The summed E-state index contributed by atoms with van der Waals surface area (Å²) in [6.45, 7) is 1.99. The number of rotatable bonds is 3. The van der Waals surface area contributed by atoms with Gasteiger partial charge in [-0.1, -0.05) is 35.9 Å². The first-order chi connectivity index (χ1) is 9.62. The van der Waals surface area contributed by atoms with E-state index >= 15 is 0 Å². The Labute approximate surface area is 117 Å². The van der Waals surface area contributed by atoms with Gasteiger partial charge in [0, 0.05) is 11.3 Å². The van der Waals surface area contributed by atoms with Gasteiger partial charge in [-0.2, -0.15) is 0 Å². The molecule has 0 bridgehead atoms. The third-order valence-corrected chi connectivity index (χ3v) is 3.88. The van der Waals surface area contributed by atoms with E-state index in [4.69, 9.17) is 0 Å². The summed E-state index contributed by atoms with van der Waals surface area (Å²) in [6, 6.07) is 14.2. The van der Waals surface area contributed by atoms with Crippen LogP contribution in [0.15, 0.2) is 48.5 Å². The zero-order chi connectivity index (χ0) is 14.2. The number of aryl methyl sites for hydroxylation is 1. The minimum atomic E-state index is -0.684. The smallest absolute Gasteiger partial charge is 0.235 e. The average molecular weight is 269 g/mol. The summed E-state index contributed by atoms with van der Waals surface area (Å²) in [5.74, 6) is -0.421. The lowest BCUT2D eigenvalue weighted by Crippen LogP contribution is -2.28. The van der Waals surface area contributed by atoms with E-state index in [0.29, 0.717) is 18.4 Å². The molecule has 1 fully saturated rings. The van der Waals surface area contributed by atoms with Crippen LogP contribution in [0.1, 0.15) is 24.0 Å². The van der Waals surface area contributed by atoms with Gasteiger partial charge < -0.3 is 5.32 Å². The van der Waals surface area contributed by atoms with E-state index in [-0.39, 0.29) is 11.7 Å². The molecule has 0 radical (unpaired) electrons. The lowest BCUT2D eigenvalue weighted by Gasteiger charge is -2.16. The molecule has 2 nitrogen and oxygen atoms in total. The van der Waals surface area contributed by atoms with Crippen LogP contribution in [0.4, 0.5) is 10.1 Å². The Balaban J connectivity index is 1.84. The molecule has 2 aromatic rings. The van der Waals surface area contributed by atoms with Gasteiger partial charge in [0.05, 0.1) is 5.41 Å². The number of carbonyl (C=O) groups excluding carboxylic acids is 1. The van der Waals surface area contributed by atoms with Crippen molar-refractivity contribution in [3.8, 4) is 0 Å². The molecule has 1 N–H and O–H groups in total. The molecule has 1 amide bonds. The Morgan fingerprint density at radius 1 is 1.10 bits per heavy atom. The van der Waals surface area contributed by atoms with Crippen LogP contribution in [-0.2, 0) is 10.2 Å². The molecule has 0 atom stereocenters. The second kappa shape index (κ2) is 4.75. The van der Waals surface area contributed by atoms with Crippen molar-refractivity contribution >= 4 is 11.6 Å². The SMILES string of the molecule is Cc1ccc(NC(=O)C2(c3ccccc3F)CC2)cc1. The minimum absolute atomic E-state index is 0.119. The number of anilines is 1. The number of nitrogens with one attached hydrogen (secondary N) is 1. The van der Waals surface area contributed by atoms with Gasteiger partial charge in [-0.25, -0.2) is 4.39 Å². The summed E-state index contributed by atoms with van der Waals surface area (Å²) < 4.78 is 13.9. The molecule has 0 aromatic heterocycles. The number of halogens is 1. The van der Waals surface area contributed by atoms with E-state index in [1.54, 1.807) is 18.2 Å². The molecule has 0 aliphatic heterocycles. The molecule has 1 aliphatic rings. The van der Waals surface area contributed by atoms with Crippen molar-refractivity contribution in [1.29, 1.82) is 0 Å². The highest BCUT2D eigenvalue weighted by Gasteiger charge is 2.52. The zero-order valence-corrected chi connectivity index (χ0v) is 11.3. The monoisotopic (exact) mass is 269 g/mol. The number of hydrogen-bond donors (Lipinski definition) is 1. The molecule has 0 spiro atoms. The van der Waals surface area contributed by atoms with Crippen LogP contribution < -0.4 is 5.32 Å². The Morgan fingerprint density at radius 2 is 1.75 bits per heavy atom. The van der Waals surface area contributed by atoms with Gasteiger partial charge in [-0.05, 0) is 38.0 Å². The van der Waals surface area contributed by atoms with E-state index in [1.165, 1.54) is 6.07 Å². The van der Waals surface area contributed by atoms with Crippen molar-refractivity contribution in [2.45, 2.75) is 25.2 Å². The number of carbonyl (C=O) groups is 1. The largest absolute Gasteiger partial charge is 0.325 e. The molecular weight excluding hydrogens is 253 g/mol. The lowest BCUT2D eigenvalue weighted by molar-refractivity contribution is -0.118. The minimum Gasteiger partial charge on any atom is -0.325 e. The average Bonchev–Trinajstić information content (AvgIpc) is 3.23. The van der Waals surface area contributed by atoms with Gasteiger partial charge in [-0.15, -0.1) is 0 Å². The van der Waals surface area contributed by atoms with Crippen molar-refractivity contribution in [3.63, 3.8) is 0 Å². The highest BCUT2D eigenvalue weighted by molar-refractivity contribution is 6.01. The number of benzene rings is 2. The molecule has 0 saturated heterocycles. The topological polar surface area (TPSA) is 29.1 Å². The standard InChI is InChI=1S/C17H16FNO/c1-12-6-8-13(9-7-12)19-16(20)17(10-11-17)14-4-2-3-5-15(14)18/h2-9H,10-11H2,1H3,(H,19,20). The second-order valence-electron chi connectivity index (χ2n) is 5.38. The van der Waals surface area contributed by atoms with Gasteiger partial charge in [0.1, 0.15) is 5.82 Å². The molecule has 20 heavy (non-hydrogen) atoms. The molecule has 2 aromatic carbocycles. The van der Waals surface area contributed by atoms with Crippen molar-refractivity contribution in [1.82, 2.24) is 0 Å². The first kappa shape index (κ1) is 12.9. The van der Waals surface area contributed by atoms with Crippen molar-refractivity contribution in [2.75, 3.05) is 5.32 Å². The molecule has 1 aliphatic carbocycles. The van der Waals surface area contributed by atoms with Crippen LogP contribution in [0.5, 0.6) is 0 Å². The maximum atomic E-state index is 13.9. The first-order valence-electron chi connectivity index (χ1n) is 6.75. The molecule has 3 heteroatoms. The summed E-state index contributed by atoms with van der Waals surface area (Å²) in [6.07, 6.45) is 1.40. The first-order valence-corrected chi connectivity index (χ1v) is 6.75. The fraction of sp³-hybridized carbons (Fsp3) is 0.235. The summed E-state index contributed by atoms with van der Waals surface area (Å²) in [7, 11) is 0. The Morgan fingerprint density at radius 3 is 2.35 bits per heavy atom. The molecule has 0 heterocycles. The van der Waals surface area contributed by atoms with Crippen molar-refractivity contribution in [2.24, 2.45) is 0 Å². The van der Waals surface area contributed by atoms with Gasteiger partial charge in [0.25, 0.3) is 0 Å². The third kappa shape index (κ3) is 2.20. The van der Waals surface area contributed by atoms with Crippen molar-refractivity contribution < 1.29 is 9.18 Å². The van der Waals surface area contributed by atoms with E-state index in [1.807, 2.05) is 31.2 Å². The summed E-state index contributed by atoms with van der Waals surface area (Å²) in [4.78, 5) is 12.5. The van der Waals surface area contributed by atoms with Crippen LogP contribution in [0.3, 0.4) is 0 Å². The van der Waals surface area contributed by atoms with Crippen LogP contribution >= 0.6 is 0 Å². The highest BCUT2D eigenvalue weighted by Crippen LogP contribution is 2.49. The van der Waals surface area contributed by atoms with E-state index in [9.17, 15) is 9.18 Å². The maximum absolute atomic E-state index is 13.9.